The number of amides is 2. The summed E-state index contributed by atoms with van der Waals surface area (Å²) in [6.07, 6.45) is 9.92. The molecule has 0 bridgehead atoms. The Hall–Kier alpha value is -3.81. The lowest BCUT2D eigenvalue weighted by Crippen LogP contribution is -2.53. The SMILES string of the molecule is COc1cc(Cc2ncccn2)ccc1CN1C(=O)N(c2ccc(OC)c(OCCCC3CC3)c2)CC[C@@H]1C. The number of benzene rings is 2. The first kappa shape index (κ1) is 26.8. The van der Waals surface area contributed by atoms with Crippen LogP contribution in [0.3, 0.4) is 0 Å². The van der Waals surface area contributed by atoms with E-state index in [9.17, 15) is 4.79 Å². The topological polar surface area (TPSA) is 77.0 Å². The maximum Gasteiger partial charge on any atom is 0.325 e. The van der Waals surface area contributed by atoms with Crippen LogP contribution < -0.4 is 19.1 Å². The molecular formula is C31H38N4O4. The molecule has 0 spiro atoms. The lowest BCUT2D eigenvalue weighted by molar-refractivity contribution is 0.165. The van der Waals surface area contributed by atoms with Gasteiger partial charge >= 0.3 is 6.03 Å². The Bertz CT molecular complexity index is 1260. The number of carbonyl (C=O) groups is 1. The first-order valence-corrected chi connectivity index (χ1v) is 13.9. The van der Waals surface area contributed by atoms with Crippen molar-refractivity contribution >= 4 is 11.7 Å². The van der Waals surface area contributed by atoms with E-state index < -0.39 is 0 Å². The third kappa shape index (κ3) is 6.61. The molecule has 5 rings (SSSR count). The highest BCUT2D eigenvalue weighted by Gasteiger charge is 2.32. The van der Waals surface area contributed by atoms with E-state index in [1.54, 1.807) is 26.6 Å². The van der Waals surface area contributed by atoms with Crippen molar-refractivity contribution in [2.75, 3.05) is 32.3 Å². The predicted octanol–water partition coefficient (Wildman–Crippen LogP) is 5.87. The van der Waals surface area contributed by atoms with E-state index in [-0.39, 0.29) is 12.1 Å². The third-order valence-electron chi connectivity index (χ3n) is 7.62. The number of urea groups is 1. The Morgan fingerprint density at radius 3 is 2.49 bits per heavy atom. The van der Waals surface area contributed by atoms with Gasteiger partial charge in [0.05, 0.1) is 27.4 Å². The minimum Gasteiger partial charge on any atom is -0.496 e. The number of carbonyl (C=O) groups excluding carboxylic acids is 1. The highest BCUT2D eigenvalue weighted by molar-refractivity contribution is 5.93. The number of hydrogen-bond donors (Lipinski definition) is 0. The molecule has 1 saturated carbocycles. The van der Waals surface area contributed by atoms with Crippen LogP contribution in [0.25, 0.3) is 0 Å². The molecule has 0 N–H and O–H groups in total. The third-order valence-corrected chi connectivity index (χ3v) is 7.62. The number of rotatable bonds is 12. The van der Waals surface area contributed by atoms with Gasteiger partial charge in [0.25, 0.3) is 0 Å². The minimum absolute atomic E-state index is 0.0255. The molecule has 0 radical (unpaired) electrons. The zero-order chi connectivity index (χ0) is 27.2. The molecule has 39 heavy (non-hydrogen) atoms. The summed E-state index contributed by atoms with van der Waals surface area (Å²) in [4.78, 5) is 26.2. The summed E-state index contributed by atoms with van der Waals surface area (Å²) >= 11 is 0. The average Bonchev–Trinajstić information content (AvgIpc) is 3.79. The molecule has 1 aliphatic heterocycles. The van der Waals surface area contributed by atoms with Crippen LogP contribution in [0.4, 0.5) is 10.5 Å². The molecule has 1 aliphatic carbocycles. The van der Waals surface area contributed by atoms with Crippen LogP contribution in [0.5, 0.6) is 17.2 Å². The van der Waals surface area contributed by atoms with Crippen molar-refractivity contribution in [2.24, 2.45) is 5.92 Å². The molecular weight excluding hydrogens is 492 g/mol. The normalized spacial score (nSPS) is 17.3. The number of aromatic nitrogens is 2. The van der Waals surface area contributed by atoms with Crippen LogP contribution in [0.15, 0.2) is 54.9 Å². The number of ether oxygens (including phenoxy) is 3. The Kier molecular flexibility index (Phi) is 8.49. The van der Waals surface area contributed by atoms with Crippen LogP contribution in [0, 0.1) is 5.92 Å². The standard InChI is InChI=1S/C31H38N4O4/c1-22-13-16-34(26-11-12-27(37-2)29(20-26)39-17-4-6-23-7-8-23)31(36)35(22)21-25-10-9-24(18-28(25)38-3)19-30-32-14-5-15-33-30/h5,9-12,14-15,18,20,22-23H,4,6-8,13,16-17,19,21H2,1-3H3/t22-/m0/s1. The molecule has 2 amide bonds. The maximum atomic E-state index is 13.8. The van der Waals surface area contributed by atoms with Crippen LogP contribution in [0.2, 0.25) is 0 Å². The van der Waals surface area contributed by atoms with Gasteiger partial charge in [-0.3, -0.25) is 4.90 Å². The van der Waals surface area contributed by atoms with Gasteiger partial charge in [0, 0.05) is 48.7 Å². The van der Waals surface area contributed by atoms with Crippen LogP contribution in [-0.4, -0.2) is 54.3 Å². The van der Waals surface area contributed by atoms with Gasteiger partial charge in [-0.2, -0.15) is 0 Å². The fourth-order valence-electron chi connectivity index (χ4n) is 5.10. The number of methoxy groups -OCH3 is 2. The molecule has 3 aromatic rings. The fourth-order valence-corrected chi connectivity index (χ4v) is 5.10. The zero-order valence-corrected chi connectivity index (χ0v) is 23.1. The van der Waals surface area contributed by atoms with Gasteiger partial charge in [-0.05, 0) is 61.9 Å². The van der Waals surface area contributed by atoms with Crippen molar-refractivity contribution in [2.45, 2.75) is 58.0 Å². The summed E-state index contributed by atoms with van der Waals surface area (Å²) < 4.78 is 17.4. The van der Waals surface area contributed by atoms with Gasteiger partial charge in [0.1, 0.15) is 11.6 Å². The minimum atomic E-state index is -0.0255. The Labute approximate surface area is 230 Å². The fraction of sp³-hybridized carbons (Fsp3) is 0.452. The van der Waals surface area contributed by atoms with Gasteiger partial charge in [-0.25, -0.2) is 14.8 Å². The molecule has 2 aliphatic rings. The number of anilines is 1. The molecule has 8 heteroatoms. The van der Waals surface area contributed by atoms with E-state index in [0.717, 1.165) is 47.1 Å². The Morgan fingerprint density at radius 2 is 1.74 bits per heavy atom. The molecule has 2 fully saturated rings. The van der Waals surface area contributed by atoms with Gasteiger partial charge in [0.2, 0.25) is 0 Å². The summed E-state index contributed by atoms with van der Waals surface area (Å²) in [7, 11) is 3.31. The second-order valence-electron chi connectivity index (χ2n) is 10.5. The van der Waals surface area contributed by atoms with Crippen LogP contribution in [-0.2, 0) is 13.0 Å². The summed E-state index contributed by atoms with van der Waals surface area (Å²) in [5.74, 6) is 3.77. The van der Waals surface area contributed by atoms with E-state index in [1.165, 1.54) is 19.3 Å². The van der Waals surface area contributed by atoms with Gasteiger partial charge in [0.15, 0.2) is 11.5 Å². The molecule has 2 aromatic carbocycles. The maximum absolute atomic E-state index is 13.8. The van der Waals surface area contributed by atoms with E-state index in [1.807, 2.05) is 46.2 Å². The quantitative estimate of drug-likeness (QED) is 0.273. The van der Waals surface area contributed by atoms with Crippen LogP contribution in [0.1, 0.15) is 56.0 Å². The van der Waals surface area contributed by atoms with Crippen molar-refractivity contribution in [3.05, 3.63) is 71.8 Å². The summed E-state index contributed by atoms with van der Waals surface area (Å²) in [5.41, 5.74) is 2.84. The van der Waals surface area contributed by atoms with E-state index in [0.29, 0.717) is 37.6 Å². The van der Waals surface area contributed by atoms with Crippen molar-refractivity contribution < 1.29 is 19.0 Å². The molecule has 1 aromatic heterocycles. The smallest absolute Gasteiger partial charge is 0.325 e. The monoisotopic (exact) mass is 530 g/mol. The molecule has 1 saturated heterocycles. The largest absolute Gasteiger partial charge is 0.496 e. The number of hydrogen-bond acceptors (Lipinski definition) is 6. The summed E-state index contributed by atoms with van der Waals surface area (Å²) in [6.45, 7) is 3.87. The zero-order valence-electron chi connectivity index (χ0n) is 23.1. The molecule has 1 atom stereocenters. The van der Waals surface area contributed by atoms with Crippen molar-refractivity contribution in [3.63, 3.8) is 0 Å². The molecule has 206 valence electrons. The van der Waals surface area contributed by atoms with E-state index in [4.69, 9.17) is 14.2 Å². The number of nitrogens with zero attached hydrogens (tertiary/aromatic N) is 4. The summed E-state index contributed by atoms with van der Waals surface area (Å²) in [6, 6.07) is 13.8. The average molecular weight is 531 g/mol. The van der Waals surface area contributed by atoms with E-state index in [2.05, 4.69) is 23.0 Å². The summed E-state index contributed by atoms with van der Waals surface area (Å²) in [5, 5.41) is 0. The van der Waals surface area contributed by atoms with Gasteiger partial charge < -0.3 is 19.1 Å². The second-order valence-corrected chi connectivity index (χ2v) is 10.5. The lowest BCUT2D eigenvalue weighted by Gasteiger charge is -2.40. The first-order valence-electron chi connectivity index (χ1n) is 13.9. The second kappa shape index (κ2) is 12.4. The van der Waals surface area contributed by atoms with Gasteiger partial charge in [-0.1, -0.05) is 25.0 Å². The molecule has 8 nitrogen and oxygen atoms in total. The Morgan fingerprint density at radius 1 is 0.949 bits per heavy atom. The highest BCUT2D eigenvalue weighted by atomic mass is 16.5. The lowest BCUT2D eigenvalue weighted by atomic mass is 10.0. The molecule has 0 unspecified atom stereocenters. The van der Waals surface area contributed by atoms with E-state index >= 15 is 0 Å². The van der Waals surface area contributed by atoms with Crippen molar-refractivity contribution in [1.29, 1.82) is 0 Å². The molecule has 2 heterocycles. The van der Waals surface area contributed by atoms with Gasteiger partial charge in [-0.15, -0.1) is 0 Å². The first-order chi connectivity index (χ1) is 19.1. The van der Waals surface area contributed by atoms with Crippen molar-refractivity contribution in [1.82, 2.24) is 14.9 Å². The van der Waals surface area contributed by atoms with Crippen molar-refractivity contribution in [3.8, 4) is 17.2 Å². The predicted molar refractivity (Wildman–Crippen MR) is 151 cm³/mol. The Balaban J connectivity index is 1.29. The highest BCUT2D eigenvalue weighted by Crippen LogP contribution is 2.36. The van der Waals surface area contributed by atoms with Crippen LogP contribution >= 0.6 is 0 Å².